The summed E-state index contributed by atoms with van der Waals surface area (Å²) in [5.74, 6) is 2.04. The van der Waals surface area contributed by atoms with Crippen molar-refractivity contribution >= 4 is 0 Å². The molecule has 0 saturated heterocycles. The van der Waals surface area contributed by atoms with Crippen LogP contribution < -0.4 is 9.47 Å². The summed E-state index contributed by atoms with van der Waals surface area (Å²) in [5, 5.41) is 9.59. The first-order valence-electron chi connectivity index (χ1n) is 7.61. The molecule has 0 radical (unpaired) electrons. The van der Waals surface area contributed by atoms with Crippen molar-refractivity contribution in [2.75, 3.05) is 13.7 Å². The lowest BCUT2D eigenvalue weighted by Gasteiger charge is -2.18. The first-order valence-corrected chi connectivity index (χ1v) is 7.61. The maximum Gasteiger partial charge on any atom is 0.161 e. The Morgan fingerprint density at radius 2 is 1.95 bits per heavy atom. The molecule has 0 aliphatic rings. The third-order valence-corrected chi connectivity index (χ3v) is 3.69. The van der Waals surface area contributed by atoms with E-state index in [9.17, 15) is 5.11 Å². The number of rotatable bonds is 9. The van der Waals surface area contributed by atoms with Crippen molar-refractivity contribution in [1.82, 2.24) is 0 Å². The predicted octanol–water partition coefficient (Wildman–Crippen LogP) is 4.34. The number of aliphatic hydroxyl groups is 1. The lowest BCUT2D eigenvalue weighted by molar-refractivity contribution is 0.197. The summed E-state index contributed by atoms with van der Waals surface area (Å²) in [6.45, 7) is 6.89. The molecule has 2 unspecified atom stereocenters. The summed E-state index contributed by atoms with van der Waals surface area (Å²) < 4.78 is 11.3. The van der Waals surface area contributed by atoms with E-state index in [4.69, 9.17) is 9.47 Å². The predicted molar refractivity (Wildman–Crippen MR) is 82.4 cm³/mol. The van der Waals surface area contributed by atoms with Gasteiger partial charge in [0.2, 0.25) is 0 Å². The zero-order valence-electron chi connectivity index (χ0n) is 13.2. The molecule has 1 N–H and O–H groups in total. The number of ether oxygens (including phenoxy) is 2. The molecule has 2 atom stereocenters. The highest BCUT2D eigenvalue weighted by Crippen LogP contribution is 2.31. The van der Waals surface area contributed by atoms with E-state index in [0.717, 1.165) is 24.3 Å². The maximum atomic E-state index is 9.59. The van der Waals surface area contributed by atoms with Crippen LogP contribution in [-0.4, -0.2) is 18.8 Å². The molecule has 3 nitrogen and oxygen atoms in total. The van der Waals surface area contributed by atoms with Gasteiger partial charge in [-0.3, -0.25) is 0 Å². The fraction of sp³-hybridized carbons (Fsp3) is 0.647. The second-order valence-electron chi connectivity index (χ2n) is 5.31. The lowest BCUT2D eigenvalue weighted by Crippen LogP contribution is -2.12. The van der Waals surface area contributed by atoms with Gasteiger partial charge < -0.3 is 14.6 Å². The average Bonchev–Trinajstić information content (AvgIpc) is 2.47. The van der Waals surface area contributed by atoms with Crippen molar-refractivity contribution in [3.63, 3.8) is 0 Å². The van der Waals surface area contributed by atoms with Gasteiger partial charge >= 0.3 is 0 Å². The van der Waals surface area contributed by atoms with E-state index in [1.165, 1.54) is 19.3 Å². The molecule has 0 amide bonds. The van der Waals surface area contributed by atoms with E-state index in [0.29, 0.717) is 11.7 Å². The van der Waals surface area contributed by atoms with Gasteiger partial charge in [-0.1, -0.05) is 39.2 Å². The second-order valence-corrected chi connectivity index (χ2v) is 5.31. The minimum atomic E-state index is -0.495. The van der Waals surface area contributed by atoms with Gasteiger partial charge in [0.1, 0.15) is 0 Å². The monoisotopic (exact) mass is 280 g/mol. The highest BCUT2D eigenvalue weighted by molar-refractivity contribution is 5.43. The zero-order chi connectivity index (χ0) is 15.0. The molecule has 0 saturated carbocycles. The van der Waals surface area contributed by atoms with E-state index in [2.05, 4.69) is 13.8 Å². The van der Waals surface area contributed by atoms with Crippen LogP contribution in [-0.2, 0) is 0 Å². The Bertz CT molecular complexity index is 388. The molecule has 0 fully saturated rings. The Labute approximate surface area is 122 Å². The van der Waals surface area contributed by atoms with Crippen LogP contribution in [0.1, 0.15) is 58.1 Å². The van der Waals surface area contributed by atoms with E-state index < -0.39 is 6.10 Å². The van der Waals surface area contributed by atoms with Crippen LogP contribution in [0.4, 0.5) is 0 Å². The van der Waals surface area contributed by atoms with Gasteiger partial charge in [-0.25, -0.2) is 0 Å². The molecule has 0 bridgehead atoms. The molecule has 1 aromatic carbocycles. The van der Waals surface area contributed by atoms with Crippen LogP contribution in [0.2, 0.25) is 0 Å². The highest BCUT2D eigenvalue weighted by atomic mass is 16.5. The second kappa shape index (κ2) is 8.85. The number of aliphatic hydroxyl groups excluding tert-OH is 1. The minimum absolute atomic E-state index is 0.495. The van der Waals surface area contributed by atoms with Crippen LogP contribution in [0.15, 0.2) is 18.2 Å². The third kappa shape index (κ3) is 5.04. The van der Waals surface area contributed by atoms with Crippen molar-refractivity contribution in [2.45, 2.75) is 52.6 Å². The summed E-state index contributed by atoms with van der Waals surface area (Å²) in [4.78, 5) is 0. The maximum absolute atomic E-state index is 9.59. The summed E-state index contributed by atoms with van der Waals surface area (Å²) >= 11 is 0. The Hall–Kier alpha value is -1.22. The van der Waals surface area contributed by atoms with Gasteiger partial charge in [0.25, 0.3) is 0 Å². The summed E-state index contributed by atoms with van der Waals surface area (Å²) in [5.41, 5.74) is 0.840. The Morgan fingerprint density at radius 3 is 2.50 bits per heavy atom. The van der Waals surface area contributed by atoms with E-state index in [-0.39, 0.29) is 0 Å². The fourth-order valence-electron chi connectivity index (χ4n) is 2.17. The minimum Gasteiger partial charge on any atom is -0.493 e. The number of benzene rings is 1. The van der Waals surface area contributed by atoms with Gasteiger partial charge in [0, 0.05) is 0 Å². The third-order valence-electron chi connectivity index (χ3n) is 3.69. The van der Waals surface area contributed by atoms with Crippen LogP contribution in [0.25, 0.3) is 0 Å². The summed E-state index contributed by atoms with van der Waals surface area (Å²) in [6, 6.07) is 5.61. The largest absolute Gasteiger partial charge is 0.493 e. The normalized spacial score (nSPS) is 13.8. The molecule has 0 aliphatic carbocycles. The fourth-order valence-corrected chi connectivity index (χ4v) is 2.17. The molecule has 1 aromatic rings. The molecular formula is C17H28O3. The summed E-state index contributed by atoms with van der Waals surface area (Å²) in [7, 11) is 1.63. The quantitative estimate of drug-likeness (QED) is 0.731. The van der Waals surface area contributed by atoms with E-state index in [1.54, 1.807) is 14.0 Å². The van der Waals surface area contributed by atoms with Crippen molar-refractivity contribution in [2.24, 2.45) is 5.92 Å². The van der Waals surface area contributed by atoms with Crippen molar-refractivity contribution < 1.29 is 14.6 Å². The van der Waals surface area contributed by atoms with E-state index >= 15 is 0 Å². The Morgan fingerprint density at radius 1 is 1.20 bits per heavy atom. The molecule has 0 aromatic heterocycles. The van der Waals surface area contributed by atoms with Gasteiger partial charge in [-0.2, -0.15) is 0 Å². The standard InChI is InChI=1S/C17H28O3/c1-5-7-8-14(6-2)12-20-16-10-9-15(13(3)18)11-17(16)19-4/h9-11,13-14,18H,5-8,12H2,1-4H3. The molecule has 0 aliphatic heterocycles. The van der Waals surface area contributed by atoms with Gasteiger partial charge in [-0.15, -0.1) is 0 Å². The number of hydrogen-bond acceptors (Lipinski definition) is 3. The number of hydrogen-bond donors (Lipinski definition) is 1. The van der Waals surface area contributed by atoms with Crippen molar-refractivity contribution in [3.05, 3.63) is 23.8 Å². The van der Waals surface area contributed by atoms with Crippen molar-refractivity contribution in [3.8, 4) is 11.5 Å². The van der Waals surface area contributed by atoms with Gasteiger partial charge in [-0.05, 0) is 37.0 Å². The average molecular weight is 280 g/mol. The van der Waals surface area contributed by atoms with Crippen LogP contribution in [0.5, 0.6) is 11.5 Å². The Kier molecular flexibility index (Phi) is 7.45. The lowest BCUT2D eigenvalue weighted by atomic mass is 10.0. The highest BCUT2D eigenvalue weighted by Gasteiger charge is 2.11. The van der Waals surface area contributed by atoms with Crippen molar-refractivity contribution in [1.29, 1.82) is 0 Å². The van der Waals surface area contributed by atoms with E-state index in [1.807, 2.05) is 18.2 Å². The molecule has 114 valence electrons. The smallest absolute Gasteiger partial charge is 0.161 e. The zero-order valence-corrected chi connectivity index (χ0v) is 13.2. The molecule has 3 heteroatoms. The number of methoxy groups -OCH3 is 1. The van der Waals surface area contributed by atoms with Crippen LogP contribution in [0, 0.1) is 5.92 Å². The van der Waals surface area contributed by atoms with Gasteiger partial charge in [0.05, 0.1) is 19.8 Å². The Balaban J connectivity index is 2.66. The number of unbranched alkanes of at least 4 members (excludes halogenated alkanes) is 1. The molecule has 0 spiro atoms. The first kappa shape index (κ1) is 16.8. The first-order chi connectivity index (χ1) is 9.62. The molecular weight excluding hydrogens is 252 g/mol. The topological polar surface area (TPSA) is 38.7 Å². The van der Waals surface area contributed by atoms with Crippen LogP contribution in [0.3, 0.4) is 0 Å². The van der Waals surface area contributed by atoms with Gasteiger partial charge in [0.15, 0.2) is 11.5 Å². The van der Waals surface area contributed by atoms with Crippen LogP contribution >= 0.6 is 0 Å². The molecule has 20 heavy (non-hydrogen) atoms. The molecule has 0 heterocycles. The summed E-state index contributed by atoms with van der Waals surface area (Å²) in [6.07, 6.45) is 4.32. The SMILES string of the molecule is CCCCC(CC)COc1ccc(C(C)O)cc1OC. The molecule has 1 rings (SSSR count).